The second-order valence-electron chi connectivity index (χ2n) is 6.11. The van der Waals surface area contributed by atoms with Crippen LogP contribution < -0.4 is 0 Å². The van der Waals surface area contributed by atoms with E-state index in [9.17, 15) is 14.4 Å². The molecule has 3 rings (SSSR count). The summed E-state index contributed by atoms with van der Waals surface area (Å²) in [6.45, 7) is 2.13. The summed E-state index contributed by atoms with van der Waals surface area (Å²) in [6.07, 6.45) is 2.26. The lowest BCUT2D eigenvalue weighted by Crippen LogP contribution is -2.33. The number of carbonyl (C=O) groups excluding carboxylic acids is 3. The normalized spacial score (nSPS) is 14.6. The molecule has 0 saturated heterocycles. The van der Waals surface area contributed by atoms with Gasteiger partial charge in [-0.25, -0.2) is 0 Å². The summed E-state index contributed by atoms with van der Waals surface area (Å²) in [5.41, 5.74) is 0.866. The monoisotopic (exact) mass is 340 g/mol. The number of benzene rings is 1. The van der Waals surface area contributed by atoms with Gasteiger partial charge in [0.25, 0.3) is 11.8 Å². The van der Waals surface area contributed by atoms with Crippen LogP contribution in [0.25, 0.3) is 0 Å². The molecule has 6 nitrogen and oxygen atoms in total. The van der Waals surface area contributed by atoms with Gasteiger partial charge in [0.15, 0.2) is 0 Å². The molecule has 1 aromatic heterocycles. The first-order chi connectivity index (χ1) is 12.0. The van der Waals surface area contributed by atoms with Crippen molar-refractivity contribution in [1.29, 1.82) is 0 Å². The molecular weight excluding hydrogens is 320 g/mol. The van der Waals surface area contributed by atoms with E-state index in [1.54, 1.807) is 48.5 Å². The van der Waals surface area contributed by atoms with Crippen LogP contribution in [0.2, 0.25) is 0 Å². The molecule has 0 bridgehead atoms. The number of carbonyl (C=O) groups is 3. The quantitative estimate of drug-likeness (QED) is 0.758. The van der Waals surface area contributed by atoms with Gasteiger partial charge in [-0.15, -0.1) is 0 Å². The number of hydrogen-bond donors (Lipinski definition) is 0. The minimum absolute atomic E-state index is 0.0551. The van der Waals surface area contributed by atoms with Crippen LogP contribution in [0.5, 0.6) is 0 Å². The van der Waals surface area contributed by atoms with E-state index in [-0.39, 0.29) is 36.7 Å². The van der Waals surface area contributed by atoms with Crippen molar-refractivity contribution in [3.8, 4) is 0 Å². The molecular formula is C19H20N2O4. The molecule has 130 valence electrons. The van der Waals surface area contributed by atoms with Crippen LogP contribution in [0.15, 0.2) is 47.1 Å². The molecule has 6 heteroatoms. The fourth-order valence-electron chi connectivity index (χ4n) is 2.94. The molecule has 2 heterocycles. The van der Waals surface area contributed by atoms with E-state index < -0.39 is 0 Å². The van der Waals surface area contributed by atoms with Crippen LogP contribution >= 0.6 is 0 Å². The van der Waals surface area contributed by atoms with Crippen molar-refractivity contribution in [2.24, 2.45) is 0 Å². The maximum atomic E-state index is 12.3. The van der Waals surface area contributed by atoms with Crippen LogP contribution in [0.1, 0.15) is 52.3 Å². The molecule has 0 fully saturated rings. The zero-order valence-corrected chi connectivity index (χ0v) is 14.3. The number of amides is 3. The smallest absolute Gasteiger partial charge is 0.261 e. The van der Waals surface area contributed by atoms with Crippen molar-refractivity contribution in [3.63, 3.8) is 0 Å². The van der Waals surface area contributed by atoms with Gasteiger partial charge in [0.05, 0.1) is 23.4 Å². The predicted molar refractivity (Wildman–Crippen MR) is 90.9 cm³/mol. The van der Waals surface area contributed by atoms with Crippen molar-refractivity contribution >= 4 is 17.7 Å². The Kier molecular flexibility index (Phi) is 4.70. The Hall–Kier alpha value is -2.89. The molecule has 0 spiro atoms. The molecule has 0 N–H and O–H groups in total. The second kappa shape index (κ2) is 6.93. The number of imide groups is 1. The van der Waals surface area contributed by atoms with Crippen LogP contribution in [0.3, 0.4) is 0 Å². The number of hydrogen-bond acceptors (Lipinski definition) is 4. The topological polar surface area (TPSA) is 70.8 Å². The van der Waals surface area contributed by atoms with Crippen LogP contribution in [-0.4, -0.2) is 41.1 Å². The largest absolute Gasteiger partial charge is 0.467 e. The summed E-state index contributed by atoms with van der Waals surface area (Å²) >= 11 is 0. The molecule has 1 aliphatic rings. The van der Waals surface area contributed by atoms with Crippen molar-refractivity contribution in [2.45, 2.75) is 25.8 Å². The highest BCUT2D eigenvalue weighted by molar-refractivity contribution is 6.21. The van der Waals surface area contributed by atoms with E-state index in [4.69, 9.17) is 4.42 Å². The third kappa shape index (κ3) is 3.20. The van der Waals surface area contributed by atoms with Crippen LogP contribution in [-0.2, 0) is 4.79 Å². The van der Waals surface area contributed by atoms with E-state index >= 15 is 0 Å². The Labute approximate surface area is 146 Å². The summed E-state index contributed by atoms with van der Waals surface area (Å²) in [5.74, 6) is 0.0902. The second-order valence-corrected chi connectivity index (χ2v) is 6.11. The Morgan fingerprint density at radius 3 is 2.32 bits per heavy atom. The van der Waals surface area contributed by atoms with Crippen molar-refractivity contribution < 1.29 is 18.8 Å². The lowest BCUT2D eigenvalue weighted by atomic mass is 10.1. The van der Waals surface area contributed by atoms with Gasteiger partial charge in [-0.1, -0.05) is 12.1 Å². The average molecular weight is 340 g/mol. The Balaban J connectivity index is 1.54. The molecule has 2 aromatic rings. The Morgan fingerprint density at radius 1 is 1.12 bits per heavy atom. The van der Waals surface area contributed by atoms with E-state index in [2.05, 4.69) is 0 Å². The SMILES string of the molecule is CC(c1ccco1)N(C)C(=O)CCCN1C(=O)c2ccccc2C1=O. The maximum absolute atomic E-state index is 12.3. The van der Waals surface area contributed by atoms with E-state index in [1.807, 2.05) is 13.0 Å². The van der Waals surface area contributed by atoms with Gasteiger partial charge < -0.3 is 9.32 Å². The van der Waals surface area contributed by atoms with Crippen molar-refractivity contribution in [3.05, 3.63) is 59.5 Å². The van der Waals surface area contributed by atoms with Crippen LogP contribution in [0, 0.1) is 0 Å². The van der Waals surface area contributed by atoms with Crippen molar-refractivity contribution in [1.82, 2.24) is 9.80 Å². The lowest BCUT2D eigenvalue weighted by molar-refractivity contribution is -0.132. The molecule has 25 heavy (non-hydrogen) atoms. The third-order valence-corrected chi connectivity index (χ3v) is 4.58. The highest BCUT2D eigenvalue weighted by atomic mass is 16.3. The zero-order chi connectivity index (χ0) is 18.0. The molecule has 1 aliphatic heterocycles. The third-order valence-electron chi connectivity index (χ3n) is 4.58. The van der Waals surface area contributed by atoms with E-state index in [1.165, 1.54) is 4.90 Å². The highest BCUT2D eigenvalue weighted by Gasteiger charge is 2.34. The molecule has 0 radical (unpaired) electrons. The summed E-state index contributed by atoms with van der Waals surface area (Å²) in [6, 6.07) is 10.2. The summed E-state index contributed by atoms with van der Waals surface area (Å²) in [7, 11) is 1.72. The summed E-state index contributed by atoms with van der Waals surface area (Å²) < 4.78 is 5.32. The highest BCUT2D eigenvalue weighted by Crippen LogP contribution is 2.23. The number of furan rings is 1. The van der Waals surface area contributed by atoms with E-state index in [0.29, 0.717) is 17.5 Å². The fraction of sp³-hybridized carbons (Fsp3) is 0.316. The average Bonchev–Trinajstić information content (AvgIpc) is 3.24. The molecule has 0 saturated carbocycles. The molecule has 1 aromatic carbocycles. The van der Waals surface area contributed by atoms with Gasteiger partial charge >= 0.3 is 0 Å². The van der Waals surface area contributed by atoms with Gasteiger partial charge in [0.2, 0.25) is 5.91 Å². The first-order valence-corrected chi connectivity index (χ1v) is 8.25. The van der Waals surface area contributed by atoms with Gasteiger partial charge in [-0.3, -0.25) is 19.3 Å². The first kappa shape index (κ1) is 17.0. The summed E-state index contributed by atoms with van der Waals surface area (Å²) in [5, 5.41) is 0. The molecule has 1 unspecified atom stereocenters. The van der Waals surface area contributed by atoms with Gasteiger partial charge in [-0.2, -0.15) is 0 Å². The Bertz CT molecular complexity index is 763. The predicted octanol–water partition coefficient (Wildman–Crippen LogP) is 2.88. The lowest BCUT2D eigenvalue weighted by Gasteiger charge is -2.23. The molecule has 0 aliphatic carbocycles. The zero-order valence-electron chi connectivity index (χ0n) is 14.3. The first-order valence-electron chi connectivity index (χ1n) is 8.25. The van der Waals surface area contributed by atoms with E-state index in [0.717, 1.165) is 5.76 Å². The molecule has 1 atom stereocenters. The molecule has 3 amide bonds. The standard InChI is InChI=1S/C19H20N2O4/c1-13(16-9-6-12-25-16)20(2)17(22)10-5-11-21-18(23)14-7-3-4-8-15(14)19(21)24/h3-4,6-9,12-13H,5,10-11H2,1-2H3. The summed E-state index contributed by atoms with van der Waals surface area (Å²) in [4.78, 5) is 39.7. The van der Waals surface area contributed by atoms with Gasteiger partial charge in [-0.05, 0) is 37.6 Å². The maximum Gasteiger partial charge on any atom is 0.261 e. The van der Waals surface area contributed by atoms with Crippen molar-refractivity contribution in [2.75, 3.05) is 13.6 Å². The van der Waals surface area contributed by atoms with Crippen LogP contribution in [0.4, 0.5) is 0 Å². The number of nitrogens with zero attached hydrogens (tertiary/aromatic N) is 2. The van der Waals surface area contributed by atoms with Gasteiger partial charge in [0, 0.05) is 20.0 Å². The number of fused-ring (bicyclic) bond motifs is 1. The number of rotatable bonds is 6. The minimum atomic E-state index is -0.287. The Morgan fingerprint density at radius 2 is 1.76 bits per heavy atom. The minimum Gasteiger partial charge on any atom is -0.467 e. The fourth-order valence-corrected chi connectivity index (χ4v) is 2.94. The van der Waals surface area contributed by atoms with Gasteiger partial charge in [0.1, 0.15) is 5.76 Å².